The van der Waals surface area contributed by atoms with Crippen molar-refractivity contribution in [1.82, 2.24) is 19.9 Å². The first-order valence-electron chi connectivity index (χ1n) is 10.6. The first-order chi connectivity index (χ1) is 15.7. The first kappa shape index (κ1) is 20.5. The fraction of sp³-hybridized carbons (Fsp3) is 0.250. The van der Waals surface area contributed by atoms with E-state index in [1.807, 2.05) is 37.4 Å². The van der Waals surface area contributed by atoms with Crippen LogP contribution in [0.2, 0.25) is 0 Å². The standard InChI is InChI=1S/C24H24N6OS/c1-17-23(20-5-6-21-19(13-20)3-2-8-25-21)28-16-29-24(17)27-15-18-4-7-22(26-14-18)30-9-11-32(31)12-10-30/h2-8,13-14,16H,9-12,15H2,1H3,(H,27,28,29). The van der Waals surface area contributed by atoms with Crippen LogP contribution in [-0.4, -0.2) is 48.7 Å². The van der Waals surface area contributed by atoms with Gasteiger partial charge in [0.1, 0.15) is 18.0 Å². The Balaban J connectivity index is 1.30. The molecule has 0 amide bonds. The van der Waals surface area contributed by atoms with E-state index in [1.165, 1.54) is 0 Å². The fourth-order valence-corrected chi connectivity index (χ4v) is 4.96. The molecule has 162 valence electrons. The second kappa shape index (κ2) is 9.00. The maximum atomic E-state index is 11.6. The van der Waals surface area contributed by atoms with Crippen molar-refractivity contribution in [2.45, 2.75) is 13.5 Å². The molecule has 32 heavy (non-hydrogen) atoms. The molecule has 1 aromatic carbocycles. The lowest BCUT2D eigenvalue weighted by Gasteiger charge is -2.27. The molecule has 5 rings (SSSR count). The summed E-state index contributed by atoms with van der Waals surface area (Å²) in [5.74, 6) is 3.18. The molecule has 1 N–H and O–H groups in total. The topological polar surface area (TPSA) is 83.9 Å². The number of rotatable bonds is 5. The van der Waals surface area contributed by atoms with Gasteiger partial charge < -0.3 is 10.2 Å². The van der Waals surface area contributed by atoms with E-state index < -0.39 is 10.8 Å². The summed E-state index contributed by atoms with van der Waals surface area (Å²) in [5, 5.41) is 4.51. The van der Waals surface area contributed by atoms with Gasteiger partial charge in [-0.1, -0.05) is 18.2 Å². The smallest absolute Gasteiger partial charge is 0.133 e. The van der Waals surface area contributed by atoms with Crippen LogP contribution in [0.1, 0.15) is 11.1 Å². The van der Waals surface area contributed by atoms with Crippen molar-refractivity contribution < 1.29 is 4.21 Å². The molecule has 0 saturated carbocycles. The maximum absolute atomic E-state index is 11.6. The number of nitrogens with zero attached hydrogens (tertiary/aromatic N) is 5. The van der Waals surface area contributed by atoms with Gasteiger partial charge in [0.25, 0.3) is 0 Å². The van der Waals surface area contributed by atoms with Crippen LogP contribution >= 0.6 is 0 Å². The highest BCUT2D eigenvalue weighted by atomic mass is 32.2. The van der Waals surface area contributed by atoms with Crippen molar-refractivity contribution in [2.75, 3.05) is 34.8 Å². The molecule has 4 heterocycles. The molecule has 0 atom stereocenters. The van der Waals surface area contributed by atoms with Gasteiger partial charge in [0, 0.05) is 70.8 Å². The summed E-state index contributed by atoms with van der Waals surface area (Å²) in [5.41, 5.74) is 4.99. The molecule has 0 unspecified atom stereocenters. The van der Waals surface area contributed by atoms with Crippen molar-refractivity contribution >= 4 is 33.3 Å². The van der Waals surface area contributed by atoms with Crippen LogP contribution in [0.15, 0.2) is 61.2 Å². The lowest BCUT2D eigenvalue weighted by Crippen LogP contribution is -2.38. The number of aromatic nitrogens is 4. The number of hydrogen-bond acceptors (Lipinski definition) is 7. The highest BCUT2D eigenvalue weighted by molar-refractivity contribution is 7.85. The van der Waals surface area contributed by atoms with Gasteiger partial charge in [-0.2, -0.15) is 0 Å². The van der Waals surface area contributed by atoms with E-state index in [4.69, 9.17) is 0 Å². The summed E-state index contributed by atoms with van der Waals surface area (Å²) >= 11 is 0. The first-order valence-corrected chi connectivity index (χ1v) is 12.1. The molecule has 3 aromatic heterocycles. The molecule has 1 saturated heterocycles. The number of hydrogen-bond donors (Lipinski definition) is 1. The quantitative estimate of drug-likeness (QED) is 0.504. The maximum Gasteiger partial charge on any atom is 0.133 e. The van der Waals surface area contributed by atoms with Gasteiger partial charge in [-0.15, -0.1) is 0 Å². The van der Waals surface area contributed by atoms with E-state index in [1.54, 1.807) is 12.5 Å². The molecule has 7 nitrogen and oxygen atoms in total. The Hall–Kier alpha value is -3.39. The Morgan fingerprint density at radius 3 is 2.72 bits per heavy atom. The fourth-order valence-electron chi connectivity index (χ4n) is 3.90. The zero-order valence-electron chi connectivity index (χ0n) is 17.9. The van der Waals surface area contributed by atoms with Crippen molar-refractivity contribution in [2.24, 2.45) is 0 Å². The van der Waals surface area contributed by atoms with E-state index in [-0.39, 0.29) is 0 Å². The third-order valence-corrected chi connectivity index (χ3v) is 7.01. The summed E-state index contributed by atoms with van der Waals surface area (Å²) in [6.07, 6.45) is 5.29. The molecule has 0 bridgehead atoms. The van der Waals surface area contributed by atoms with Crippen LogP contribution in [-0.2, 0) is 17.3 Å². The number of fused-ring (bicyclic) bond motifs is 1. The van der Waals surface area contributed by atoms with Gasteiger partial charge in [-0.25, -0.2) is 15.0 Å². The van der Waals surface area contributed by atoms with Gasteiger partial charge in [-0.3, -0.25) is 9.19 Å². The summed E-state index contributed by atoms with van der Waals surface area (Å²) < 4.78 is 11.6. The lowest BCUT2D eigenvalue weighted by atomic mass is 10.0. The minimum absolute atomic E-state index is 0.621. The molecule has 1 aliphatic rings. The normalized spacial score (nSPS) is 14.6. The van der Waals surface area contributed by atoms with Crippen LogP contribution in [0.25, 0.3) is 22.2 Å². The average molecular weight is 445 g/mol. The van der Waals surface area contributed by atoms with Gasteiger partial charge in [0.05, 0.1) is 11.2 Å². The number of pyridine rings is 2. The zero-order chi connectivity index (χ0) is 21.9. The third kappa shape index (κ3) is 4.31. The van der Waals surface area contributed by atoms with Crippen LogP contribution < -0.4 is 10.2 Å². The second-order valence-electron chi connectivity index (χ2n) is 7.82. The molecule has 4 aromatic rings. The highest BCUT2D eigenvalue weighted by Crippen LogP contribution is 2.27. The number of nitrogens with one attached hydrogen (secondary N) is 1. The van der Waals surface area contributed by atoms with Crippen molar-refractivity contribution in [3.63, 3.8) is 0 Å². The second-order valence-corrected chi connectivity index (χ2v) is 9.52. The Bertz CT molecular complexity index is 1270. The molecule has 0 aliphatic carbocycles. The molecule has 1 aliphatic heterocycles. The molecular weight excluding hydrogens is 420 g/mol. The van der Waals surface area contributed by atoms with Crippen LogP contribution in [0, 0.1) is 6.92 Å². The van der Waals surface area contributed by atoms with Gasteiger partial charge in [0.15, 0.2) is 0 Å². The minimum Gasteiger partial charge on any atom is -0.366 e. The van der Waals surface area contributed by atoms with Gasteiger partial charge in [0.2, 0.25) is 0 Å². The van der Waals surface area contributed by atoms with Crippen molar-refractivity contribution in [3.8, 4) is 11.3 Å². The van der Waals surface area contributed by atoms with Crippen LogP contribution in [0.4, 0.5) is 11.6 Å². The van der Waals surface area contributed by atoms with E-state index in [0.717, 1.165) is 58.0 Å². The number of benzene rings is 1. The summed E-state index contributed by atoms with van der Waals surface area (Å²) in [4.78, 5) is 20.2. The number of anilines is 2. The molecule has 0 radical (unpaired) electrons. The minimum atomic E-state index is -0.683. The predicted molar refractivity (Wildman–Crippen MR) is 129 cm³/mol. The monoisotopic (exact) mass is 444 g/mol. The average Bonchev–Trinajstić information content (AvgIpc) is 2.84. The van der Waals surface area contributed by atoms with E-state index in [9.17, 15) is 4.21 Å². The highest BCUT2D eigenvalue weighted by Gasteiger charge is 2.16. The summed E-state index contributed by atoms with van der Waals surface area (Å²) in [6.45, 7) is 4.25. The SMILES string of the molecule is Cc1c(NCc2ccc(N3CCS(=O)CC3)nc2)ncnc1-c1ccc2ncccc2c1. The Morgan fingerprint density at radius 1 is 1.03 bits per heavy atom. The lowest BCUT2D eigenvalue weighted by molar-refractivity contribution is 0.672. The molecule has 1 fully saturated rings. The van der Waals surface area contributed by atoms with Gasteiger partial charge in [-0.05, 0) is 36.8 Å². The van der Waals surface area contributed by atoms with Crippen LogP contribution in [0.3, 0.4) is 0 Å². The van der Waals surface area contributed by atoms with E-state index >= 15 is 0 Å². The van der Waals surface area contributed by atoms with Gasteiger partial charge >= 0.3 is 0 Å². The van der Waals surface area contributed by atoms with E-state index in [2.05, 4.69) is 48.4 Å². The van der Waals surface area contributed by atoms with Crippen molar-refractivity contribution in [1.29, 1.82) is 0 Å². The Kier molecular flexibility index (Phi) is 5.77. The zero-order valence-corrected chi connectivity index (χ0v) is 18.7. The third-order valence-electron chi connectivity index (χ3n) is 5.73. The largest absolute Gasteiger partial charge is 0.366 e. The van der Waals surface area contributed by atoms with Crippen molar-refractivity contribution in [3.05, 3.63) is 72.3 Å². The molecular formula is C24H24N6OS. The van der Waals surface area contributed by atoms with Crippen LogP contribution in [0.5, 0.6) is 0 Å². The Labute approximate surface area is 189 Å². The Morgan fingerprint density at radius 2 is 1.91 bits per heavy atom. The molecule has 0 spiro atoms. The summed E-state index contributed by atoms with van der Waals surface area (Å²) in [7, 11) is -0.683. The van der Waals surface area contributed by atoms with E-state index in [0.29, 0.717) is 18.1 Å². The molecule has 8 heteroatoms. The summed E-state index contributed by atoms with van der Waals surface area (Å²) in [6, 6.07) is 14.3. The predicted octanol–water partition coefficient (Wildman–Crippen LogP) is 3.58.